The van der Waals surface area contributed by atoms with Gasteiger partial charge in [0, 0.05) is 41.3 Å². The molecule has 1 aromatic heterocycles. The summed E-state index contributed by atoms with van der Waals surface area (Å²) < 4.78 is 0. The number of hydrogen-bond donors (Lipinski definition) is 1. The van der Waals surface area contributed by atoms with Gasteiger partial charge in [0.05, 0.1) is 0 Å². The maximum atomic E-state index is 13.0. The maximum absolute atomic E-state index is 13.0. The molecule has 1 saturated heterocycles. The normalized spacial score (nSPS) is 20.5. The molecular weight excluding hydrogens is 348 g/mol. The number of H-pyrrole nitrogens is 1. The fourth-order valence-corrected chi connectivity index (χ4v) is 4.53. The minimum atomic E-state index is 0.0134. The van der Waals surface area contributed by atoms with E-state index in [0.29, 0.717) is 23.0 Å². The summed E-state index contributed by atoms with van der Waals surface area (Å²) in [5.41, 5.74) is 2.21. The number of rotatable bonds is 4. The Balaban J connectivity index is 1.39. The van der Waals surface area contributed by atoms with Crippen LogP contribution >= 0.6 is 0 Å². The molecule has 1 aliphatic heterocycles. The van der Waals surface area contributed by atoms with Crippen LogP contribution in [0.15, 0.2) is 48.7 Å². The zero-order chi connectivity index (χ0) is 19.5. The van der Waals surface area contributed by atoms with Crippen molar-refractivity contribution in [3.63, 3.8) is 0 Å². The van der Waals surface area contributed by atoms with E-state index < -0.39 is 0 Å². The Hall–Kier alpha value is -2.62. The highest BCUT2D eigenvalue weighted by Crippen LogP contribution is 2.29. The number of carbonyl (C=O) groups is 2. The van der Waals surface area contributed by atoms with Gasteiger partial charge in [-0.3, -0.25) is 9.59 Å². The van der Waals surface area contributed by atoms with Crippen LogP contribution in [-0.4, -0.2) is 34.7 Å². The minimum absolute atomic E-state index is 0.0134. The van der Waals surface area contributed by atoms with Gasteiger partial charge in [-0.2, -0.15) is 0 Å². The summed E-state index contributed by atoms with van der Waals surface area (Å²) in [6.07, 6.45) is 16.4. The SMILES string of the molecule is CC(=O)c1c[nH]c2ccc(C(=O)N3CCC(CC4C=CC=CCC4)CC3)cc12. The third-order valence-electron chi connectivity index (χ3n) is 6.18. The van der Waals surface area contributed by atoms with Gasteiger partial charge in [0.1, 0.15) is 0 Å². The lowest BCUT2D eigenvalue weighted by atomic mass is 9.85. The van der Waals surface area contributed by atoms with Crippen molar-refractivity contribution in [2.45, 2.75) is 39.0 Å². The molecule has 4 rings (SSSR count). The largest absolute Gasteiger partial charge is 0.360 e. The molecule has 0 radical (unpaired) electrons. The second kappa shape index (κ2) is 8.17. The molecule has 0 saturated carbocycles. The zero-order valence-corrected chi connectivity index (χ0v) is 16.5. The third-order valence-corrected chi connectivity index (χ3v) is 6.18. The fourth-order valence-electron chi connectivity index (χ4n) is 4.53. The summed E-state index contributed by atoms with van der Waals surface area (Å²) in [4.78, 5) is 29.9. The van der Waals surface area contributed by atoms with E-state index in [2.05, 4.69) is 29.3 Å². The molecule has 2 aliphatic rings. The predicted octanol–water partition coefficient (Wildman–Crippen LogP) is 5.14. The Labute approximate surface area is 166 Å². The molecule has 1 unspecified atom stereocenters. The number of Topliss-reactive ketones (excluding diaryl/α,β-unsaturated/α-hetero) is 1. The second-order valence-corrected chi connectivity index (χ2v) is 8.14. The number of benzene rings is 1. The highest BCUT2D eigenvalue weighted by molar-refractivity contribution is 6.08. The molecule has 1 amide bonds. The lowest BCUT2D eigenvalue weighted by Crippen LogP contribution is -2.38. The Morgan fingerprint density at radius 2 is 1.96 bits per heavy atom. The number of piperidine rings is 1. The molecule has 1 N–H and O–H groups in total. The van der Waals surface area contributed by atoms with Crippen LogP contribution in [0.25, 0.3) is 10.9 Å². The van der Waals surface area contributed by atoms with E-state index in [1.807, 2.05) is 23.1 Å². The van der Waals surface area contributed by atoms with Crippen molar-refractivity contribution < 1.29 is 9.59 Å². The highest BCUT2D eigenvalue weighted by atomic mass is 16.2. The zero-order valence-electron chi connectivity index (χ0n) is 16.5. The lowest BCUT2D eigenvalue weighted by Gasteiger charge is -2.33. The molecule has 0 spiro atoms. The number of carbonyl (C=O) groups excluding carboxylic acids is 2. The molecule has 2 aromatic rings. The van der Waals surface area contributed by atoms with Crippen molar-refractivity contribution in [2.75, 3.05) is 13.1 Å². The number of amides is 1. The van der Waals surface area contributed by atoms with Gasteiger partial charge in [0.25, 0.3) is 5.91 Å². The fraction of sp³-hybridized carbons (Fsp3) is 0.417. The number of hydrogen-bond acceptors (Lipinski definition) is 2. The van der Waals surface area contributed by atoms with Crippen LogP contribution in [0.5, 0.6) is 0 Å². The van der Waals surface area contributed by atoms with Crippen molar-refractivity contribution in [3.05, 3.63) is 59.8 Å². The minimum Gasteiger partial charge on any atom is -0.360 e. The summed E-state index contributed by atoms with van der Waals surface area (Å²) in [5.74, 6) is 1.46. The molecule has 1 aromatic carbocycles. The van der Waals surface area contributed by atoms with E-state index in [1.54, 1.807) is 13.1 Å². The van der Waals surface area contributed by atoms with Gasteiger partial charge in [-0.15, -0.1) is 0 Å². The number of aromatic nitrogens is 1. The van der Waals surface area contributed by atoms with Gasteiger partial charge in [-0.25, -0.2) is 0 Å². The number of ketones is 1. The number of nitrogens with one attached hydrogen (secondary N) is 1. The van der Waals surface area contributed by atoms with Crippen LogP contribution in [-0.2, 0) is 0 Å². The predicted molar refractivity (Wildman–Crippen MR) is 113 cm³/mol. The average molecular weight is 377 g/mol. The Bertz CT molecular complexity index is 929. The van der Waals surface area contributed by atoms with Gasteiger partial charge in [-0.05, 0) is 69.1 Å². The van der Waals surface area contributed by atoms with Crippen LogP contribution in [0.3, 0.4) is 0 Å². The van der Waals surface area contributed by atoms with E-state index in [9.17, 15) is 9.59 Å². The first kappa shape index (κ1) is 18.7. The van der Waals surface area contributed by atoms with Crippen LogP contribution in [0, 0.1) is 11.8 Å². The van der Waals surface area contributed by atoms with Crippen LogP contribution in [0.1, 0.15) is 59.7 Å². The van der Waals surface area contributed by atoms with Crippen molar-refractivity contribution in [1.82, 2.24) is 9.88 Å². The summed E-state index contributed by atoms with van der Waals surface area (Å²) in [6.45, 7) is 3.20. The van der Waals surface area contributed by atoms with E-state index in [1.165, 1.54) is 19.3 Å². The van der Waals surface area contributed by atoms with Gasteiger partial charge >= 0.3 is 0 Å². The topological polar surface area (TPSA) is 53.2 Å². The first-order chi connectivity index (χ1) is 13.6. The summed E-state index contributed by atoms with van der Waals surface area (Å²) in [7, 11) is 0. The quantitative estimate of drug-likeness (QED) is 0.752. The van der Waals surface area contributed by atoms with Crippen molar-refractivity contribution >= 4 is 22.6 Å². The van der Waals surface area contributed by atoms with Gasteiger partial charge < -0.3 is 9.88 Å². The molecule has 146 valence electrons. The van der Waals surface area contributed by atoms with Crippen molar-refractivity contribution in [2.24, 2.45) is 11.8 Å². The number of fused-ring (bicyclic) bond motifs is 1. The van der Waals surface area contributed by atoms with Gasteiger partial charge in [0.2, 0.25) is 0 Å². The Morgan fingerprint density at radius 1 is 1.14 bits per heavy atom. The molecule has 1 fully saturated rings. The molecular formula is C24H28N2O2. The van der Waals surface area contributed by atoms with E-state index >= 15 is 0 Å². The first-order valence-corrected chi connectivity index (χ1v) is 10.4. The first-order valence-electron chi connectivity index (χ1n) is 10.4. The van der Waals surface area contributed by atoms with Crippen LogP contribution in [0.2, 0.25) is 0 Å². The Morgan fingerprint density at radius 3 is 2.75 bits per heavy atom. The second-order valence-electron chi connectivity index (χ2n) is 8.14. The van der Waals surface area contributed by atoms with Gasteiger partial charge in [0.15, 0.2) is 5.78 Å². The van der Waals surface area contributed by atoms with E-state index in [-0.39, 0.29) is 11.7 Å². The summed E-state index contributed by atoms with van der Waals surface area (Å²) in [6, 6.07) is 5.62. The molecule has 0 bridgehead atoms. The van der Waals surface area contributed by atoms with Crippen molar-refractivity contribution in [1.29, 1.82) is 0 Å². The number of allylic oxidation sites excluding steroid dienone is 4. The highest BCUT2D eigenvalue weighted by Gasteiger charge is 2.25. The standard InChI is InChI=1S/C24H28N2O2/c1-17(27)22-16-25-23-9-8-20(15-21(22)23)24(28)26-12-10-19(11-13-26)14-18-6-4-2-3-5-7-18/h2-4,6,8-9,15-16,18-19,25H,5,7,10-14H2,1H3. The number of nitrogens with zero attached hydrogens (tertiary/aromatic N) is 1. The molecule has 4 nitrogen and oxygen atoms in total. The van der Waals surface area contributed by atoms with Crippen LogP contribution < -0.4 is 0 Å². The number of likely N-dealkylation sites (tertiary alicyclic amines) is 1. The van der Waals surface area contributed by atoms with E-state index in [4.69, 9.17) is 0 Å². The molecule has 4 heteroatoms. The molecule has 2 heterocycles. The average Bonchev–Trinajstić information content (AvgIpc) is 2.97. The molecule has 1 aliphatic carbocycles. The number of aromatic amines is 1. The maximum Gasteiger partial charge on any atom is 0.253 e. The summed E-state index contributed by atoms with van der Waals surface area (Å²) in [5, 5.41) is 0.835. The monoisotopic (exact) mass is 376 g/mol. The van der Waals surface area contributed by atoms with Crippen LogP contribution in [0.4, 0.5) is 0 Å². The lowest BCUT2D eigenvalue weighted by molar-refractivity contribution is 0.0681. The molecule has 1 atom stereocenters. The third kappa shape index (κ3) is 3.96. The Kier molecular flexibility index (Phi) is 5.47. The van der Waals surface area contributed by atoms with Gasteiger partial charge in [-0.1, -0.05) is 24.3 Å². The summed E-state index contributed by atoms with van der Waals surface area (Å²) >= 11 is 0. The van der Waals surface area contributed by atoms with Crippen molar-refractivity contribution in [3.8, 4) is 0 Å². The van der Waals surface area contributed by atoms with E-state index in [0.717, 1.165) is 36.8 Å². The smallest absolute Gasteiger partial charge is 0.253 e. The molecule has 28 heavy (non-hydrogen) atoms.